The van der Waals surface area contributed by atoms with Crippen molar-refractivity contribution in [1.29, 1.82) is 0 Å². The lowest BCUT2D eigenvalue weighted by molar-refractivity contribution is 0.238. The fourth-order valence-electron chi connectivity index (χ4n) is 2.93. The first-order valence-electron chi connectivity index (χ1n) is 7.58. The Hall–Kier alpha value is -2.56. The van der Waals surface area contributed by atoms with Crippen molar-refractivity contribution in [1.82, 2.24) is 14.5 Å². The number of imidazole rings is 1. The van der Waals surface area contributed by atoms with E-state index in [1.165, 1.54) is 0 Å². The zero-order chi connectivity index (χ0) is 14.9. The van der Waals surface area contributed by atoms with E-state index in [9.17, 15) is 4.79 Å². The average molecular weight is 295 g/mol. The number of rotatable bonds is 2. The van der Waals surface area contributed by atoms with Crippen LogP contribution in [0.4, 0.5) is 0 Å². The summed E-state index contributed by atoms with van der Waals surface area (Å²) in [7, 11) is 0. The zero-order valence-corrected chi connectivity index (χ0v) is 12.2. The Morgan fingerprint density at radius 3 is 3.14 bits per heavy atom. The maximum absolute atomic E-state index is 12.7. The highest BCUT2D eigenvalue weighted by Crippen LogP contribution is 2.19. The number of H-pyrrole nitrogens is 1. The Morgan fingerprint density at radius 1 is 1.32 bits per heavy atom. The van der Waals surface area contributed by atoms with Gasteiger partial charge in [0.25, 0.3) is 5.56 Å². The van der Waals surface area contributed by atoms with Gasteiger partial charge in [0.1, 0.15) is 5.69 Å². The van der Waals surface area contributed by atoms with E-state index in [-0.39, 0.29) is 5.56 Å². The lowest BCUT2D eigenvalue weighted by atomic mass is 10.1. The van der Waals surface area contributed by atoms with Crippen molar-refractivity contribution < 1.29 is 4.74 Å². The monoisotopic (exact) mass is 295 g/mol. The van der Waals surface area contributed by atoms with Crippen LogP contribution in [0.3, 0.4) is 0 Å². The van der Waals surface area contributed by atoms with Crippen LogP contribution in [0.15, 0.2) is 41.1 Å². The van der Waals surface area contributed by atoms with Gasteiger partial charge in [-0.15, -0.1) is 0 Å². The largest absolute Gasteiger partial charge is 0.498 e. The van der Waals surface area contributed by atoms with Crippen molar-refractivity contribution in [2.75, 3.05) is 6.61 Å². The van der Waals surface area contributed by atoms with Crippen LogP contribution in [0.1, 0.15) is 29.9 Å². The molecule has 5 nitrogen and oxygen atoms in total. The minimum Gasteiger partial charge on any atom is -0.498 e. The highest BCUT2D eigenvalue weighted by molar-refractivity contribution is 5.53. The van der Waals surface area contributed by atoms with Crippen molar-refractivity contribution >= 4 is 6.08 Å². The van der Waals surface area contributed by atoms with Gasteiger partial charge in [0, 0.05) is 24.7 Å². The fraction of sp³-hybridized carbons (Fsp3) is 0.294. The Kier molecular flexibility index (Phi) is 3.18. The molecular weight excluding hydrogens is 278 g/mol. The second kappa shape index (κ2) is 5.33. The summed E-state index contributed by atoms with van der Waals surface area (Å²) in [6.07, 6.45) is 15.2. The number of nitrogens with zero attached hydrogens (tertiary/aromatic N) is 2. The van der Waals surface area contributed by atoms with Crippen LogP contribution in [0.5, 0.6) is 0 Å². The maximum Gasteiger partial charge on any atom is 0.279 e. The number of fused-ring (bicyclic) bond motifs is 3. The third-order valence-corrected chi connectivity index (χ3v) is 4.01. The molecule has 0 spiro atoms. The summed E-state index contributed by atoms with van der Waals surface area (Å²) in [5.74, 6) is 1.51. The second-order valence-corrected chi connectivity index (χ2v) is 5.51. The molecule has 0 saturated carbocycles. The molecule has 0 fully saturated rings. The summed E-state index contributed by atoms with van der Waals surface area (Å²) in [5.41, 5.74) is 2.41. The molecule has 0 bridgehead atoms. The van der Waals surface area contributed by atoms with Crippen molar-refractivity contribution in [3.63, 3.8) is 0 Å². The van der Waals surface area contributed by atoms with E-state index in [0.717, 1.165) is 36.4 Å². The normalized spacial score (nSPS) is 18.5. The van der Waals surface area contributed by atoms with Crippen LogP contribution in [-0.2, 0) is 17.6 Å². The van der Waals surface area contributed by atoms with E-state index in [4.69, 9.17) is 4.74 Å². The molecule has 5 heteroatoms. The Morgan fingerprint density at radius 2 is 2.27 bits per heavy atom. The summed E-state index contributed by atoms with van der Waals surface area (Å²) in [6, 6.07) is 0. The van der Waals surface area contributed by atoms with Gasteiger partial charge < -0.3 is 9.72 Å². The van der Waals surface area contributed by atoms with Crippen LogP contribution in [-0.4, -0.2) is 21.1 Å². The summed E-state index contributed by atoms with van der Waals surface area (Å²) in [5, 5.41) is 0. The first kappa shape index (κ1) is 13.1. The Bertz CT molecular complexity index is 823. The van der Waals surface area contributed by atoms with Gasteiger partial charge in [0.15, 0.2) is 5.82 Å². The van der Waals surface area contributed by atoms with Crippen molar-refractivity contribution in [3.8, 4) is 5.82 Å². The van der Waals surface area contributed by atoms with Crippen molar-refractivity contribution in [2.45, 2.75) is 25.7 Å². The van der Waals surface area contributed by atoms with Gasteiger partial charge in [-0.25, -0.2) is 4.98 Å². The molecular formula is C17H17N3O2. The molecule has 3 aliphatic heterocycles. The van der Waals surface area contributed by atoms with E-state index in [1.807, 2.05) is 12.2 Å². The van der Waals surface area contributed by atoms with E-state index in [0.29, 0.717) is 24.5 Å². The number of hydrogen-bond acceptors (Lipinski definition) is 3. The van der Waals surface area contributed by atoms with Gasteiger partial charge >= 0.3 is 0 Å². The zero-order valence-electron chi connectivity index (χ0n) is 12.2. The summed E-state index contributed by atoms with van der Waals surface area (Å²) in [4.78, 5) is 20.5. The third-order valence-electron chi connectivity index (χ3n) is 4.01. The predicted molar refractivity (Wildman–Crippen MR) is 84.2 cm³/mol. The number of allylic oxidation sites excluding steroid dienone is 4. The molecule has 4 rings (SSSR count). The van der Waals surface area contributed by atoms with E-state index in [2.05, 4.69) is 28.2 Å². The van der Waals surface area contributed by atoms with Gasteiger partial charge in [-0.3, -0.25) is 9.36 Å². The standard InChI is InChI=1S/C17H17N3O2/c21-17-14(10-12-6-5-9-22-12)19-16-11-18-13-7-3-1-2-4-8-15(13)20(16)17/h1,3-4,6,8,11,18H,2,5,7,9-10H2/b3-1+,8-4?. The van der Waals surface area contributed by atoms with Gasteiger partial charge in [-0.05, 0) is 18.6 Å². The number of nitrogens with one attached hydrogen (secondary N) is 1. The molecule has 0 radical (unpaired) electrons. The van der Waals surface area contributed by atoms with Gasteiger partial charge in [-0.1, -0.05) is 18.2 Å². The maximum atomic E-state index is 12.7. The van der Waals surface area contributed by atoms with Crippen molar-refractivity contribution in [2.24, 2.45) is 0 Å². The Labute approximate surface area is 128 Å². The van der Waals surface area contributed by atoms with E-state index < -0.39 is 0 Å². The molecule has 1 aliphatic carbocycles. The molecule has 0 aromatic rings. The lowest BCUT2D eigenvalue weighted by Crippen LogP contribution is -2.20. The molecule has 4 aliphatic rings. The summed E-state index contributed by atoms with van der Waals surface area (Å²) < 4.78 is 7.20. The summed E-state index contributed by atoms with van der Waals surface area (Å²) in [6.45, 7) is 0.704. The molecule has 3 heterocycles. The van der Waals surface area contributed by atoms with Crippen LogP contribution in [0.2, 0.25) is 0 Å². The van der Waals surface area contributed by atoms with E-state index in [1.54, 1.807) is 10.8 Å². The molecule has 0 aromatic heterocycles. The minimum absolute atomic E-state index is 0.0501. The number of aromatic amines is 1. The topological polar surface area (TPSA) is 59.9 Å². The van der Waals surface area contributed by atoms with Crippen LogP contribution in [0, 0.1) is 0 Å². The lowest BCUT2D eigenvalue weighted by Gasteiger charge is -2.12. The van der Waals surface area contributed by atoms with E-state index >= 15 is 0 Å². The minimum atomic E-state index is -0.0501. The van der Waals surface area contributed by atoms with Crippen LogP contribution < -0.4 is 5.56 Å². The molecule has 0 saturated heterocycles. The summed E-state index contributed by atoms with van der Waals surface area (Å²) >= 11 is 0. The SMILES string of the molecule is O=c1c(CC2=CCCO2)nc2c[nH]c3c(n1-2)C=CC/C=C/C3. The molecule has 1 N–H and O–H groups in total. The fourth-order valence-corrected chi connectivity index (χ4v) is 2.93. The highest BCUT2D eigenvalue weighted by Gasteiger charge is 2.20. The number of aromatic nitrogens is 3. The third kappa shape index (κ3) is 2.19. The van der Waals surface area contributed by atoms with Crippen LogP contribution in [0.25, 0.3) is 11.9 Å². The predicted octanol–water partition coefficient (Wildman–Crippen LogP) is 2.36. The van der Waals surface area contributed by atoms with Crippen molar-refractivity contribution in [3.05, 3.63) is 63.7 Å². The highest BCUT2D eigenvalue weighted by atomic mass is 16.5. The number of hydrogen-bond donors (Lipinski definition) is 1. The smallest absolute Gasteiger partial charge is 0.279 e. The van der Waals surface area contributed by atoms with Gasteiger partial charge in [-0.2, -0.15) is 0 Å². The molecule has 0 aromatic carbocycles. The molecule has 0 amide bonds. The van der Waals surface area contributed by atoms with Gasteiger partial charge in [0.05, 0.1) is 24.5 Å². The molecule has 0 atom stereocenters. The number of ether oxygens (including phenoxy) is 1. The first-order chi connectivity index (χ1) is 10.8. The second-order valence-electron chi connectivity index (χ2n) is 5.51. The average Bonchev–Trinajstić information content (AvgIpc) is 3.09. The molecule has 0 unspecified atom stereocenters. The Balaban J connectivity index is 1.84. The van der Waals surface area contributed by atoms with Crippen LogP contribution >= 0.6 is 0 Å². The van der Waals surface area contributed by atoms with Gasteiger partial charge in [0.2, 0.25) is 0 Å². The molecule has 22 heavy (non-hydrogen) atoms. The first-order valence-corrected chi connectivity index (χ1v) is 7.58. The molecule has 112 valence electrons. The quantitative estimate of drug-likeness (QED) is 0.865.